The van der Waals surface area contributed by atoms with E-state index in [1.165, 1.54) is 0 Å². The van der Waals surface area contributed by atoms with Gasteiger partial charge >= 0.3 is 0 Å². The average molecular weight is 131 g/mol. The van der Waals surface area contributed by atoms with Crippen LogP contribution in [0.25, 0.3) is 0 Å². The van der Waals surface area contributed by atoms with Crippen LogP contribution >= 0.6 is 0 Å². The zero-order valence-corrected chi connectivity index (χ0v) is 6.73. The second kappa shape index (κ2) is 3.18. The van der Waals surface area contributed by atoms with Crippen LogP contribution in [0.4, 0.5) is 0 Å². The lowest BCUT2D eigenvalue weighted by Crippen LogP contribution is -2.38. The summed E-state index contributed by atoms with van der Waals surface area (Å²) in [5.74, 6) is 0. The third kappa shape index (κ3) is 4.43. The zero-order valence-electron chi connectivity index (χ0n) is 6.73. The molecule has 0 aliphatic heterocycles. The van der Waals surface area contributed by atoms with Crippen LogP contribution in [0.1, 0.15) is 27.2 Å². The molecule has 0 aromatic heterocycles. The summed E-state index contributed by atoms with van der Waals surface area (Å²) in [6.07, 6.45) is 0.580. The minimum absolute atomic E-state index is 0.0637. The van der Waals surface area contributed by atoms with Crippen LogP contribution in [-0.2, 0) is 0 Å². The molecule has 0 fully saturated rings. The molecule has 0 saturated heterocycles. The van der Waals surface area contributed by atoms with Gasteiger partial charge in [-0.05, 0) is 34.2 Å². The Morgan fingerprint density at radius 2 is 2.00 bits per heavy atom. The van der Waals surface area contributed by atoms with Gasteiger partial charge in [-0.2, -0.15) is 0 Å². The number of aliphatic hydroxyl groups excluding tert-OH is 1. The van der Waals surface area contributed by atoms with Gasteiger partial charge in [0.05, 0.1) is 6.10 Å². The normalized spacial score (nSPS) is 15.7. The van der Waals surface area contributed by atoms with Gasteiger partial charge in [0.1, 0.15) is 0 Å². The molecule has 9 heavy (non-hydrogen) atoms. The molecule has 0 unspecified atom stereocenters. The first-order valence-corrected chi connectivity index (χ1v) is 3.35. The van der Waals surface area contributed by atoms with Gasteiger partial charge in [-0.1, -0.05) is 0 Å². The van der Waals surface area contributed by atoms with Crippen molar-refractivity contribution in [2.45, 2.75) is 38.8 Å². The highest BCUT2D eigenvalue weighted by Gasteiger charge is 2.16. The molecule has 0 radical (unpaired) electrons. The quantitative estimate of drug-likeness (QED) is 0.592. The van der Waals surface area contributed by atoms with Crippen molar-refractivity contribution in [3.05, 3.63) is 0 Å². The van der Waals surface area contributed by atoms with E-state index in [4.69, 9.17) is 5.11 Å². The molecule has 2 nitrogen and oxygen atoms in total. The molecule has 0 spiro atoms. The molecule has 0 aromatic rings. The van der Waals surface area contributed by atoms with E-state index in [9.17, 15) is 0 Å². The summed E-state index contributed by atoms with van der Waals surface area (Å²) in [7, 11) is 1.91. The molecule has 2 N–H and O–H groups in total. The molecule has 0 rings (SSSR count). The van der Waals surface area contributed by atoms with Crippen LogP contribution in [0.2, 0.25) is 0 Å². The largest absolute Gasteiger partial charge is 0.393 e. The predicted octanol–water partition coefficient (Wildman–Crippen LogP) is 0.755. The van der Waals surface area contributed by atoms with E-state index in [2.05, 4.69) is 19.2 Å². The Morgan fingerprint density at radius 1 is 1.56 bits per heavy atom. The van der Waals surface area contributed by atoms with Crippen LogP contribution in [-0.4, -0.2) is 23.8 Å². The number of hydrogen-bond acceptors (Lipinski definition) is 2. The molecule has 0 heterocycles. The van der Waals surface area contributed by atoms with Crippen LogP contribution in [0.5, 0.6) is 0 Å². The van der Waals surface area contributed by atoms with Crippen molar-refractivity contribution < 1.29 is 5.11 Å². The van der Waals surface area contributed by atoms with Gasteiger partial charge in [-0.3, -0.25) is 0 Å². The fourth-order valence-corrected chi connectivity index (χ4v) is 0.841. The summed E-state index contributed by atoms with van der Waals surface area (Å²) in [5.41, 5.74) is 0.0637. The Hall–Kier alpha value is -0.0800. The topological polar surface area (TPSA) is 32.3 Å². The second-order valence-corrected chi connectivity index (χ2v) is 3.19. The molecule has 56 valence electrons. The second-order valence-electron chi connectivity index (χ2n) is 3.19. The minimum atomic E-state index is -0.215. The van der Waals surface area contributed by atoms with Gasteiger partial charge in [-0.15, -0.1) is 0 Å². The fraction of sp³-hybridized carbons (Fsp3) is 1.00. The molecule has 0 amide bonds. The molecule has 0 aliphatic carbocycles. The van der Waals surface area contributed by atoms with Crippen LogP contribution in [0.3, 0.4) is 0 Å². The first-order chi connectivity index (χ1) is 3.98. The predicted molar refractivity (Wildman–Crippen MR) is 39.4 cm³/mol. The third-order valence-corrected chi connectivity index (χ3v) is 1.48. The van der Waals surface area contributed by atoms with Gasteiger partial charge in [-0.25, -0.2) is 0 Å². The van der Waals surface area contributed by atoms with Gasteiger partial charge in [0.25, 0.3) is 0 Å². The lowest BCUT2D eigenvalue weighted by atomic mass is 9.98. The summed E-state index contributed by atoms with van der Waals surface area (Å²) in [5, 5.41) is 12.1. The van der Waals surface area contributed by atoms with E-state index in [-0.39, 0.29) is 11.6 Å². The minimum Gasteiger partial charge on any atom is -0.393 e. The van der Waals surface area contributed by atoms with Crippen molar-refractivity contribution in [2.75, 3.05) is 7.05 Å². The molecule has 2 heteroatoms. The van der Waals surface area contributed by atoms with Gasteiger partial charge < -0.3 is 10.4 Å². The van der Waals surface area contributed by atoms with Crippen molar-refractivity contribution in [2.24, 2.45) is 0 Å². The highest BCUT2D eigenvalue weighted by molar-refractivity contribution is 4.76. The molecule has 1 atom stereocenters. The molecular formula is C7H17NO. The first kappa shape index (κ1) is 8.92. The van der Waals surface area contributed by atoms with Crippen molar-refractivity contribution in [3.63, 3.8) is 0 Å². The number of aliphatic hydroxyl groups is 1. The summed E-state index contributed by atoms with van der Waals surface area (Å²) in [6, 6.07) is 0. The van der Waals surface area contributed by atoms with E-state index >= 15 is 0 Å². The molecule has 0 bridgehead atoms. The Bertz CT molecular complexity index is 79.0. The lowest BCUT2D eigenvalue weighted by Gasteiger charge is -2.25. The lowest BCUT2D eigenvalue weighted by molar-refractivity contribution is 0.148. The van der Waals surface area contributed by atoms with Gasteiger partial charge in [0, 0.05) is 5.54 Å². The molecular weight excluding hydrogens is 114 g/mol. The van der Waals surface area contributed by atoms with E-state index in [1.54, 1.807) is 6.92 Å². The van der Waals surface area contributed by atoms with Crippen molar-refractivity contribution in [1.29, 1.82) is 0 Å². The summed E-state index contributed by atoms with van der Waals surface area (Å²) < 4.78 is 0. The number of rotatable bonds is 3. The maximum Gasteiger partial charge on any atom is 0.0529 e. The van der Waals surface area contributed by atoms with Crippen molar-refractivity contribution >= 4 is 0 Å². The fourth-order valence-electron chi connectivity index (χ4n) is 0.841. The first-order valence-electron chi connectivity index (χ1n) is 3.35. The van der Waals surface area contributed by atoms with E-state index < -0.39 is 0 Å². The van der Waals surface area contributed by atoms with Gasteiger partial charge in [0.15, 0.2) is 0 Å². The van der Waals surface area contributed by atoms with Crippen molar-refractivity contribution in [3.8, 4) is 0 Å². The van der Waals surface area contributed by atoms with E-state index in [0.29, 0.717) is 0 Å². The van der Waals surface area contributed by atoms with Crippen LogP contribution < -0.4 is 5.32 Å². The maximum absolute atomic E-state index is 8.98. The number of hydrogen-bond donors (Lipinski definition) is 2. The maximum atomic E-state index is 8.98. The average Bonchev–Trinajstić information content (AvgIpc) is 1.63. The van der Waals surface area contributed by atoms with Crippen molar-refractivity contribution in [1.82, 2.24) is 5.32 Å². The number of nitrogens with one attached hydrogen (secondary N) is 1. The SMILES string of the molecule is CNC(C)(C)C[C@H](C)O. The Labute approximate surface area is 57.3 Å². The highest BCUT2D eigenvalue weighted by atomic mass is 16.3. The van der Waals surface area contributed by atoms with E-state index in [0.717, 1.165) is 6.42 Å². The van der Waals surface area contributed by atoms with E-state index in [1.807, 2.05) is 7.05 Å². The standard InChI is InChI=1S/C7H17NO/c1-6(9)5-7(2,3)8-4/h6,8-9H,5H2,1-4H3/t6-/m0/s1. The Kier molecular flexibility index (Phi) is 3.15. The molecule has 0 aromatic carbocycles. The van der Waals surface area contributed by atoms with Crippen LogP contribution in [0.15, 0.2) is 0 Å². The highest BCUT2D eigenvalue weighted by Crippen LogP contribution is 2.09. The smallest absolute Gasteiger partial charge is 0.0529 e. The Balaban J connectivity index is 3.58. The summed E-state index contributed by atoms with van der Waals surface area (Å²) >= 11 is 0. The zero-order chi connectivity index (χ0) is 7.49. The molecule has 0 aliphatic rings. The summed E-state index contributed by atoms with van der Waals surface area (Å²) in [4.78, 5) is 0. The molecule has 0 saturated carbocycles. The summed E-state index contributed by atoms with van der Waals surface area (Å²) in [6.45, 7) is 5.94. The van der Waals surface area contributed by atoms with Crippen LogP contribution in [0, 0.1) is 0 Å². The third-order valence-electron chi connectivity index (χ3n) is 1.48. The van der Waals surface area contributed by atoms with Gasteiger partial charge in [0.2, 0.25) is 0 Å². The monoisotopic (exact) mass is 131 g/mol. The Morgan fingerprint density at radius 3 is 2.11 bits per heavy atom.